The number of rotatable bonds is 6. The van der Waals surface area contributed by atoms with E-state index in [9.17, 15) is 9.59 Å². The summed E-state index contributed by atoms with van der Waals surface area (Å²) in [4.78, 5) is 26.7. The fraction of sp³-hybridized carbons (Fsp3) is 0.211. The smallest absolute Gasteiger partial charge is 0.266 e. The average Bonchev–Trinajstić information content (AvgIpc) is 3.39. The molecule has 1 aromatic carbocycles. The Bertz CT molecular complexity index is 955. The molecule has 2 aliphatic heterocycles. The van der Waals surface area contributed by atoms with E-state index in [0.717, 1.165) is 0 Å². The molecule has 9 heteroatoms. The summed E-state index contributed by atoms with van der Waals surface area (Å²) < 4.78 is 16.3. The van der Waals surface area contributed by atoms with Gasteiger partial charge in [0.25, 0.3) is 5.91 Å². The number of ether oxygens (including phenoxy) is 2. The number of thiocarbonyl (C=S) groups is 1. The second-order valence-electron chi connectivity index (χ2n) is 6.07. The molecule has 1 saturated heterocycles. The normalized spacial score (nSPS) is 16.9. The maximum Gasteiger partial charge on any atom is 0.266 e. The first-order valence-electron chi connectivity index (χ1n) is 8.58. The highest BCUT2D eigenvalue weighted by Crippen LogP contribution is 2.34. The Morgan fingerprint density at radius 1 is 1.29 bits per heavy atom. The van der Waals surface area contributed by atoms with Gasteiger partial charge in [-0.15, -0.1) is 0 Å². The van der Waals surface area contributed by atoms with Gasteiger partial charge in [0, 0.05) is 30.8 Å². The number of hydrogen-bond donors (Lipinski definition) is 1. The fourth-order valence-electron chi connectivity index (χ4n) is 2.79. The van der Waals surface area contributed by atoms with E-state index in [1.165, 1.54) is 16.7 Å². The first-order chi connectivity index (χ1) is 13.6. The molecule has 0 atom stereocenters. The second-order valence-corrected chi connectivity index (χ2v) is 7.74. The largest absolute Gasteiger partial charge is 0.465 e. The standard InChI is InChI=1S/C19H16N2O5S2/c22-17(20-12-5-6-14-15(9-12)26-11-25-14)4-1-7-21-18(23)16(28-19(21)27)10-13-3-2-8-24-13/h2-3,5-6,8-10H,1,4,7,11H2,(H,20,22). The number of furan rings is 1. The molecule has 2 amide bonds. The van der Waals surface area contributed by atoms with Gasteiger partial charge in [0.05, 0.1) is 11.2 Å². The van der Waals surface area contributed by atoms with Crippen molar-refractivity contribution in [3.05, 3.63) is 47.3 Å². The van der Waals surface area contributed by atoms with Crippen molar-refractivity contribution in [2.45, 2.75) is 12.8 Å². The molecule has 0 bridgehead atoms. The molecule has 4 rings (SSSR count). The summed E-state index contributed by atoms with van der Waals surface area (Å²) in [5.74, 6) is 1.57. The van der Waals surface area contributed by atoms with Gasteiger partial charge in [-0.3, -0.25) is 14.5 Å². The SMILES string of the molecule is O=C(CCCN1C(=O)C(=Cc2ccco2)SC1=S)Nc1ccc2c(c1)OCO2. The Morgan fingerprint density at radius 2 is 2.14 bits per heavy atom. The molecular weight excluding hydrogens is 400 g/mol. The average molecular weight is 416 g/mol. The molecule has 0 unspecified atom stereocenters. The van der Waals surface area contributed by atoms with E-state index < -0.39 is 0 Å². The number of anilines is 1. The summed E-state index contributed by atoms with van der Waals surface area (Å²) in [7, 11) is 0. The topological polar surface area (TPSA) is 81.0 Å². The van der Waals surface area contributed by atoms with E-state index in [4.69, 9.17) is 26.1 Å². The van der Waals surface area contributed by atoms with Crippen molar-refractivity contribution >= 4 is 51.9 Å². The van der Waals surface area contributed by atoms with Gasteiger partial charge in [-0.1, -0.05) is 24.0 Å². The predicted molar refractivity (Wildman–Crippen MR) is 109 cm³/mol. The van der Waals surface area contributed by atoms with Gasteiger partial charge in [-0.05, 0) is 30.7 Å². The van der Waals surface area contributed by atoms with E-state index >= 15 is 0 Å². The van der Waals surface area contributed by atoms with Gasteiger partial charge in [-0.2, -0.15) is 0 Å². The Balaban J connectivity index is 1.28. The number of carbonyl (C=O) groups is 2. The van der Waals surface area contributed by atoms with Gasteiger partial charge in [0.1, 0.15) is 10.1 Å². The molecule has 0 spiro atoms. The number of carbonyl (C=O) groups excluding carboxylic acids is 2. The zero-order valence-electron chi connectivity index (χ0n) is 14.7. The van der Waals surface area contributed by atoms with Crippen LogP contribution in [-0.2, 0) is 9.59 Å². The van der Waals surface area contributed by atoms with Gasteiger partial charge >= 0.3 is 0 Å². The quantitative estimate of drug-likeness (QED) is 0.569. The number of amides is 2. The van der Waals surface area contributed by atoms with Crippen molar-refractivity contribution < 1.29 is 23.5 Å². The van der Waals surface area contributed by atoms with Crippen LogP contribution in [0.4, 0.5) is 5.69 Å². The van der Waals surface area contributed by atoms with Crippen molar-refractivity contribution in [3.8, 4) is 11.5 Å². The third-order valence-corrected chi connectivity index (χ3v) is 5.51. The third kappa shape index (κ3) is 4.05. The summed E-state index contributed by atoms with van der Waals surface area (Å²) in [5.41, 5.74) is 0.640. The van der Waals surface area contributed by atoms with Crippen molar-refractivity contribution in [1.29, 1.82) is 0 Å². The summed E-state index contributed by atoms with van der Waals surface area (Å²) in [6.45, 7) is 0.569. The van der Waals surface area contributed by atoms with Crippen molar-refractivity contribution in [1.82, 2.24) is 4.90 Å². The number of fused-ring (bicyclic) bond motifs is 1. The zero-order valence-corrected chi connectivity index (χ0v) is 16.3. The van der Waals surface area contributed by atoms with E-state index in [-0.39, 0.29) is 25.0 Å². The predicted octanol–water partition coefficient (Wildman–Crippen LogP) is 3.63. The van der Waals surface area contributed by atoms with Gasteiger partial charge < -0.3 is 19.2 Å². The molecule has 0 radical (unpaired) electrons. The summed E-state index contributed by atoms with van der Waals surface area (Å²) >= 11 is 6.53. The van der Waals surface area contributed by atoms with Crippen LogP contribution in [-0.4, -0.2) is 34.4 Å². The van der Waals surface area contributed by atoms with Crippen molar-refractivity contribution in [3.63, 3.8) is 0 Å². The summed E-state index contributed by atoms with van der Waals surface area (Å²) in [6.07, 6.45) is 3.98. The number of thioether (sulfide) groups is 1. The molecule has 2 aromatic rings. The minimum Gasteiger partial charge on any atom is -0.465 e. The minimum atomic E-state index is -0.164. The molecule has 28 heavy (non-hydrogen) atoms. The highest BCUT2D eigenvalue weighted by molar-refractivity contribution is 8.26. The number of nitrogens with one attached hydrogen (secondary N) is 1. The minimum absolute atomic E-state index is 0.143. The van der Waals surface area contributed by atoms with Crippen LogP contribution in [0, 0.1) is 0 Å². The lowest BCUT2D eigenvalue weighted by Gasteiger charge is -2.14. The van der Waals surface area contributed by atoms with Crippen LogP contribution in [0.1, 0.15) is 18.6 Å². The second kappa shape index (κ2) is 8.07. The van der Waals surface area contributed by atoms with Crippen LogP contribution in [0.25, 0.3) is 6.08 Å². The van der Waals surface area contributed by atoms with Crippen LogP contribution in [0.2, 0.25) is 0 Å². The first kappa shape index (κ1) is 18.6. The van der Waals surface area contributed by atoms with Gasteiger partial charge in [0.2, 0.25) is 12.7 Å². The Morgan fingerprint density at radius 3 is 2.96 bits per heavy atom. The van der Waals surface area contributed by atoms with Crippen molar-refractivity contribution in [2.75, 3.05) is 18.7 Å². The maximum atomic E-state index is 12.5. The van der Waals surface area contributed by atoms with Crippen LogP contribution >= 0.6 is 24.0 Å². The lowest BCUT2D eigenvalue weighted by Crippen LogP contribution is -2.29. The van der Waals surface area contributed by atoms with E-state index in [1.807, 2.05) is 0 Å². The number of hydrogen-bond acceptors (Lipinski definition) is 7. The highest BCUT2D eigenvalue weighted by Gasteiger charge is 2.31. The van der Waals surface area contributed by atoms with E-state index in [0.29, 0.717) is 45.1 Å². The molecule has 1 fully saturated rings. The van der Waals surface area contributed by atoms with Crippen LogP contribution < -0.4 is 14.8 Å². The van der Waals surface area contributed by atoms with Gasteiger partial charge in [-0.25, -0.2) is 0 Å². The first-order valence-corrected chi connectivity index (χ1v) is 9.81. The van der Waals surface area contributed by atoms with E-state index in [2.05, 4.69) is 5.32 Å². The summed E-state index contributed by atoms with van der Waals surface area (Å²) in [5, 5.41) is 2.82. The fourth-order valence-corrected chi connectivity index (χ4v) is 4.08. The van der Waals surface area contributed by atoms with Crippen LogP contribution in [0.3, 0.4) is 0 Å². The summed E-state index contributed by atoms with van der Waals surface area (Å²) in [6, 6.07) is 8.76. The van der Waals surface area contributed by atoms with Gasteiger partial charge in [0.15, 0.2) is 11.5 Å². The third-order valence-electron chi connectivity index (χ3n) is 4.13. The molecule has 144 valence electrons. The molecule has 1 aromatic heterocycles. The molecule has 1 N–H and O–H groups in total. The number of benzene rings is 1. The molecular formula is C19H16N2O5S2. The maximum absolute atomic E-state index is 12.5. The monoisotopic (exact) mass is 416 g/mol. The molecule has 7 nitrogen and oxygen atoms in total. The zero-order chi connectivity index (χ0) is 19.5. The molecule has 3 heterocycles. The lowest BCUT2D eigenvalue weighted by atomic mass is 10.2. The van der Waals surface area contributed by atoms with E-state index in [1.54, 1.807) is 42.7 Å². The molecule has 0 aliphatic carbocycles. The van der Waals surface area contributed by atoms with Crippen molar-refractivity contribution in [2.24, 2.45) is 0 Å². The Hall–Kier alpha value is -2.78. The molecule has 0 saturated carbocycles. The number of nitrogens with zero attached hydrogens (tertiary/aromatic N) is 1. The van der Waals surface area contributed by atoms with Crippen LogP contribution in [0.5, 0.6) is 11.5 Å². The lowest BCUT2D eigenvalue weighted by molar-refractivity contribution is -0.122. The Labute approximate surface area is 170 Å². The highest BCUT2D eigenvalue weighted by atomic mass is 32.2. The molecule has 2 aliphatic rings. The Kier molecular flexibility index (Phi) is 5.36. The van der Waals surface area contributed by atoms with Crippen LogP contribution in [0.15, 0.2) is 45.9 Å².